The lowest BCUT2D eigenvalue weighted by Crippen LogP contribution is -1.98. The van der Waals surface area contributed by atoms with Crippen molar-refractivity contribution in [3.05, 3.63) is 107 Å². The van der Waals surface area contributed by atoms with Gasteiger partial charge in [-0.3, -0.25) is 0 Å². The summed E-state index contributed by atoms with van der Waals surface area (Å²) in [6.45, 7) is 0.826. The number of rotatable bonds is 8. The molecule has 0 aromatic heterocycles. The van der Waals surface area contributed by atoms with Gasteiger partial charge < -0.3 is 14.3 Å². The van der Waals surface area contributed by atoms with E-state index in [2.05, 4.69) is 23.4 Å². The maximum Gasteiger partial charge on any atom is 0.161 e. The summed E-state index contributed by atoms with van der Waals surface area (Å²) in [5.74, 6) is 1.29. The first-order valence-corrected chi connectivity index (χ1v) is 10.3. The number of fused-ring (bicyclic) bond motifs is 1. The van der Waals surface area contributed by atoms with E-state index in [1.54, 1.807) is 13.3 Å². The van der Waals surface area contributed by atoms with E-state index in [1.165, 1.54) is 10.8 Å². The predicted octanol–water partition coefficient (Wildman–Crippen LogP) is 6.63. The Bertz CT molecular complexity index is 1180. The first-order valence-electron chi connectivity index (χ1n) is 9.90. The number of hydrogen-bond donors (Lipinski definition) is 0. The zero-order chi connectivity index (χ0) is 21.5. The number of hydrogen-bond acceptors (Lipinski definition) is 4. The molecule has 0 bridgehead atoms. The minimum Gasteiger partial charge on any atom is -0.493 e. The number of halogens is 1. The fourth-order valence-electron chi connectivity index (χ4n) is 3.25. The Hall–Kier alpha value is -3.50. The molecule has 4 aromatic carbocycles. The Labute approximate surface area is 186 Å². The Morgan fingerprint density at radius 2 is 1.65 bits per heavy atom. The average molecular weight is 432 g/mol. The van der Waals surface area contributed by atoms with Crippen molar-refractivity contribution in [1.82, 2.24) is 0 Å². The highest BCUT2D eigenvalue weighted by molar-refractivity contribution is 6.30. The van der Waals surface area contributed by atoms with Crippen LogP contribution in [0.15, 0.2) is 90.1 Å². The van der Waals surface area contributed by atoms with Gasteiger partial charge in [-0.2, -0.15) is 0 Å². The maximum absolute atomic E-state index is 5.92. The number of ether oxygens (including phenoxy) is 2. The molecule has 4 rings (SSSR count). The molecule has 0 saturated carbocycles. The fraction of sp³-hybridized carbons (Fsp3) is 0.115. The summed E-state index contributed by atoms with van der Waals surface area (Å²) in [7, 11) is 1.61. The molecule has 0 aliphatic rings. The summed E-state index contributed by atoms with van der Waals surface area (Å²) in [6.07, 6.45) is 1.66. The predicted molar refractivity (Wildman–Crippen MR) is 125 cm³/mol. The van der Waals surface area contributed by atoms with Crippen LogP contribution in [-0.2, 0) is 18.1 Å². The van der Waals surface area contributed by atoms with Crippen molar-refractivity contribution in [2.24, 2.45) is 5.16 Å². The highest BCUT2D eigenvalue weighted by Crippen LogP contribution is 2.28. The average Bonchev–Trinajstić information content (AvgIpc) is 2.82. The van der Waals surface area contributed by atoms with E-state index in [1.807, 2.05) is 66.7 Å². The highest BCUT2D eigenvalue weighted by atomic mass is 35.5. The normalized spacial score (nSPS) is 11.0. The molecular weight excluding hydrogens is 410 g/mol. The summed E-state index contributed by atoms with van der Waals surface area (Å²) in [5.41, 5.74) is 2.98. The molecule has 5 heteroatoms. The molecule has 0 unspecified atom stereocenters. The van der Waals surface area contributed by atoms with Crippen molar-refractivity contribution in [3.63, 3.8) is 0 Å². The van der Waals surface area contributed by atoms with Crippen molar-refractivity contribution in [3.8, 4) is 11.5 Å². The topological polar surface area (TPSA) is 40.0 Å². The molecule has 0 saturated heterocycles. The van der Waals surface area contributed by atoms with Gasteiger partial charge >= 0.3 is 0 Å². The van der Waals surface area contributed by atoms with Crippen molar-refractivity contribution < 1.29 is 14.3 Å². The third kappa shape index (κ3) is 5.36. The standard InChI is InChI=1S/C26H22ClNO3/c1-29-26-15-20(11-14-25(26)30-17-19-9-12-23(27)13-10-19)16-28-31-18-22-7-4-6-21-5-2-3-8-24(21)22/h2-16H,17-18H2,1H3/b28-16+. The smallest absolute Gasteiger partial charge is 0.161 e. The Balaban J connectivity index is 1.38. The number of benzene rings is 4. The van der Waals surface area contributed by atoms with E-state index in [4.69, 9.17) is 25.9 Å². The van der Waals surface area contributed by atoms with Crippen LogP contribution in [0.1, 0.15) is 16.7 Å². The molecule has 156 valence electrons. The van der Waals surface area contributed by atoms with Crippen LogP contribution in [0.25, 0.3) is 10.8 Å². The lowest BCUT2D eigenvalue weighted by Gasteiger charge is -2.11. The van der Waals surface area contributed by atoms with Crippen LogP contribution < -0.4 is 9.47 Å². The lowest BCUT2D eigenvalue weighted by molar-refractivity contribution is 0.133. The monoisotopic (exact) mass is 431 g/mol. The van der Waals surface area contributed by atoms with Gasteiger partial charge in [0.2, 0.25) is 0 Å². The molecule has 0 amide bonds. The molecule has 0 aliphatic heterocycles. The van der Waals surface area contributed by atoms with E-state index in [-0.39, 0.29) is 0 Å². The molecule has 0 heterocycles. The number of nitrogens with zero attached hydrogens (tertiary/aromatic N) is 1. The number of methoxy groups -OCH3 is 1. The van der Waals surface area contributed by atoms with Gasteiger partial charge in [-0.05, 0) is 52.2 Å². The first-order chi connectivity index (χ1) is 15.2. The quantitative estimate of drug-likeness (QED) is 0.232. The van der Waals surface area contributed by atoms with Crippen molar-refractivity contribution >= 4 is 28.6 Å². The fourth-order valence-corrected chi connectivity index (χ4v) is 3.37. The van der Waals surface area contributed by atoms with E-state index in [0.717, 1.165) is 16.7 Å². The molecule has 31 heavy (non-hydrogen) atoms. The van der Waals surface area contributed by atoms with Crippen molar-refractivity contribution in [2.75, 3.05) is 7.11 Å². The minimum absolute atomic E-state index is 0.400. The zero-order valence-electron chi connectivity index (χ0n) is 17.1. The van der Waals surface area contributed by atoms with E-state index in [9.17, 15) is 0 Å². The van der Waals surface area contributed by atoms with Gasteiger partial charge in [-0.1, -0.05) is 71.4 Å². The molecular formula is C26H22ClNO3. The summed E-state index contributed by atoms with van der Waals surface area (Å²) < 4.78 is 11.4. The zero-order valence-corrected chi connectivity index (χ0v) is 17.9. The maximum atomic E-state index is 5.92. The van der Waals surface area contributed by atoms with Gasteiger partial charge in [0.05, 0.1) is 13.3 Å². The second kappa shape index (κ2) is 10.0. The van der Waals surface area contributed by atoms with Crippen molar-refractivity contribution in [1.29, 1.82) is 0 Å². The van der Waals surface area contributed by atoms with E-state index < -0.39 is 0 Å². The van der Waals surface area contributed by atoms with Crippen LogP contribution in [0.4, 0.5) is 0 Å². The van der Waals surface area contributed by atoms with Crippen LogP contribution in [0.2, 0.25) is 5.02 Å². The lowest BCUT2D eigenvalue weighted by atomic mass is 10.1. The second-order valence-electron chi connectivity index (χ2n) is 6.97. The van der Waals surface area contributed by atoms with Crippen molar-refractivity contribution in [2.45, 2.75) is 13.2 Å². The van der Waals surface area contributed by atoms with Crippen LogP contribution in [0.5, 0.6) is 11.5 Å². The summed E-state index contributed by atoms with van der Waals surface area (Å²) in [5, 5.41) is 7.18. The van der Waals surface area contributed by atoms with Gasteiger partial charge in [0.25, 0.3) is 0 Å². The molecule has 0 spiro atoms. The minimum atomic E-state index is 0.400. The summed E-state index contributed by atoms with van der Waals surface area (Å²) in [6, 6.07) is 27.6. The third-order valence-corrected chi connectivity index (χ3v) is 5.12. The van der Waals surface area contributed by atoms with Crippen LogP contribution in [-0.4, -0.2) is 13.3 Å². The summed E-state index contributed by atoms with van der Waals surface area (Å²) >= 11 is 5.92. The van der Waals surface area contributed by atoms with Gasteiger partial charge in [0.15, 0.2) is 11.5 Å². The van der Waals surface area contributed by atoms with Crippen LogP contribution >= 0.6 is 11.6 Å². The summed E-state index contributed by atoms with van der Waals surface area (Å²) in [4.78, 5) is 5.54. The molecule has 0 fully saturated rings. The molecule has 4 aromatic rings. The second-order valence-corrected chi connectivity index (χ2v) is 7.41. The SMILES string of the molecule is COc1cc(/C=N/OCc2cccc3ccccc23)ccc1OCc1ccc(Cl)cc1. The Kier molecular flexibility index (Phi) is 6.70. The molecule has 0 aliphatic carbocycles. The van der Waals surface area contributed by atoms with Gasteiger partial charge in [0, 0.05) is 10.6 Å². The largest absolute Gasteiger partial charge is 0.493 e. The van der Waals surface area contributed by atoms with Gasteiger partial charge in [0.1, 0.15) is 13.2 Å². The first kappa shape index (κ1) is 20.8. The number of oxime groups is 1. The van der Waals surface area contributed by atoms with E-state index >= 15 is 0 Å². The molecule has 0 atom stereocenters. The molecule has 0 radical (unpaired) electrons. The van der Waals surface area contributed by atoms with Gasteiger partial charge in [-0.25, -0.2) is 0 Å². The molecule has 0 N–H and O–H groups in total. The van der Waals surface area contributed by atoms with Crippen LogP contribution in [0, 0.1) is 0 Å². The Morgan fingerprint density at radius 3 is 2.48 bits per heavy atom. The van der Waals surface area contributed by atoms with Crippen LogP contribution in [0.3, 0.4) is 0 Å². The van der Waals surface area contributed by atoms with Gasteiger partial charge in [-0.15, -0.1) is 0 Å². The highest BCUT2D eigenvalue weighted by Gasteiger charge is 2.06. The third-order valence-electron chi connectivity index (χ3n) is 4.87. The van der Waals surface area contributed by atoms with E-state index in [0.29, 0.717) is 29.7 Å². The Morgan fingerprint density at radius 1 is 0.839 bits per heavy atom. The molecule has 4 nitrogen and oxygen atoms in total.